The van der Waals surface area contributed by atoms with Gasteiger partial charge in [0.05, 0.1) is 0 Å². The number of aromatic nitrogens is 3. The number of nitrogens with one attached hydrogen (secondary N) is 3. The van der Waals surface area contributed by atoms with Crippen molar-refractivity contribution in [3.8, 4) is 0 Å². The standard InChI is InChI=1S/2ClH.H3N3.Ta/c;;1-2-3-1;/h2*1H;1-3H;/q;;;+2/p-2. The van der Waals surface area contributed by atoms with E-state index in [0.717, 1.165) is 0 Å². The molecule has 0 unspecified atom stereocenters. The fourth-order valence-electron chi connectivity index (χ4n) is 0. The van der Waals surface area contributed by atoms with Crippen molar-refractivity contribution in [2.45, 2.75) is 0 Å². The molecule has 0 saturated heterocycles. The van der Waals surface area contributed by atoms with Crippen molar-refractivity contribution in [3.05, 3.63) is 0 Å². The monoisotopic (exact) mass is 296 g/mol. The van der Waals surface area contributed by atoms with Gasteiger partial charge in [-0.05, 0) is 0 Å². The maximum Gasteiger partial charge on any atom is 2.00 e. The summed E-state index contributed by atoms with van der Waals surface area (Å²) < 4.78 is 0. The molecule has 3 nitrogen and oxygen atoms in total. The van der Waals surface area contributed by atoms with Crippen LogP contribution in [0, 0.1) is 0 Å². The van der Waals surface area contributed by atoms with Crippen LogP contribution in [-0.4, -0.2) is 15.6 Å². The smallest absolute Gasteiger partial charge is 1.00 e. The molecule has 0 aliphatic rings. The van der Waals surface area contributed by atoms with Gasteiger partial charge in [0.1, 0.15) is 0 Å². The zero-order chi connectivity index (χ0) is 2.12. The van der Waals surface area contributed by atoms with Crippen LogP contribution in [0.25, 0.3) is 0 Å². The second kappa shape index (κ2) is 9.21. The molecule has 0 spiro atoms. The van der Waals surface area contributed by atoms with Crippen LogP contribution in [-0.2, 0) is 22.4 Å². The molecule has 3 N–H and O–H groups in total. The van der Waals surface area contributed by atoms with Crippen molar-refractivity contribution >= 4 is 0 Å². The Morgan fingerprint density at radius 1 is 0.667 bits per heavy atom. The molecular formula is H3Cl2N3Ta. The zero-order valence-corrected chi connectivity index (χ0v) is 7.43. The van der Waals surface area contributed by atoms with Crippen LogP contribution in [0.4, 0.5) is 0 Å². The van der Waals surface area contributed by atoms with Crippen molar-refractivity contribution in [3.63, 3.8) is 0 Å². The summed E-state index contributed by atoms with van der Waals surface area (Å²) >= 11 is 0. The van der Waals surface area contributed by atoms with E-state index >= 15 is 0 Å². The van der Waals surface area contributed by atoms with E-state index in [1.807, 2.05) is 0 Å². The molecule has 1 heterocycles. The summed E-state index contributed by atoms with van der Waals surface area (Å²) in [5, 5.41) is 7.50. The van der Waals surface area contributed by atoms with Crippen LogP contribution in [0.2, 0.25) is 0 Å². The Morgan fingerprint density at radius 3 is 0.833 bits per heavy atom. The summed E-state index contributed by atoms with van der Waals surface area (Å²) in [7, 11) is 0. The minimum absolute atomic E-state index is 0. The number of halogens is 2. The van der Waals surface area contributed by atoms with Gasteiger partial charge < -0.3 is 24.8 Å². The fraction of sp³-hybridized carbons (Fsp3) is 0. The van der Waals surface area contributed by atoms with Gasteiger partial charge in [-0.15, -0.1) is 0 Å². The van der Waals surface area contributed by atoms with Crippen molar-refractivity contribution in [1.29, 1.82) is 0 Å². The van der Waals surface area contributed by atoms with Crippen LogP contribution >= 0.6 is 0 Å². The number of hydrogen-bond donors (Lipinski definition) is 3. The van der Waals surface area contributed by atoms with Crippen LogP contribution in [0.3, 0.4) is 0 Å². The predicted octanol–water partition coefficient (Wildman–Crippen LogP) is -6.32. The molecule has 1 radical (unpaired) electrons. The van der Waals surface area contributed by atoms with E-state index < -0.39 is 0 Å². The van der Waals surface area contributed by atoms with Crippen LogP contribution < -0.4 is 24.8 Å². The van der Waals surface area contributed by atoms with Crippen LogP contribution in [0.15, 0.2) is 0 Å². The average molecular weight is 297 g/mol. The third-order valence-electron chi connectivity index (χ3n) is 0.125. The maximum absolute atomic E-state index is 2.50. The molecule has 0 saturated carbocycles. The number of rotatable bonds is 0. The topological polar surface area (TPSA) is 47.4 Å². The Kier molecular flexibility index (Phi) is 24.4. The van der Waals surface area contributed by atoms with Gasteiger partial charge in [-0.25, -0.2) is 15.6 Å². The van der Waals surface area contributed by atoms with Crippen molar-refractivity contribution in [2.24, 2.45) is 0 Å². The molecule has 37 valence electrons. The largest absolute Gasteiger partial charge is 2.00 e. The predicted molar refractivity (Wildman–Crippen MR) is 9.49 cm³/mol. The minimum atomic E-state index is 0. The van der Waals surface area contributed by atoms with Crippen LogP contribution in [0.1, 0.15) is 0 Å². The van der Waals surface area contributed by atoms with Gasteiger partial charge in [-0.3, -0.25) is 0 Å². The molecule has 0 amide bonds. The average Bonchev–Trinajstić information content (AvgIpc) is 1.46. The molecule has 6 heteroatoms. The molecule has 6 heavy (non-hydrogen) atoms. The normalized spacial score (nSPS) is 4.00. The Balaban J connectivity index is -0.0000000300. The van der Waals surface area contributed by atoms with E-state index in [1.165, 1.54) is 0 Å². The van der Waals surface area contributed by atoms with Gasteiger partial charge in [0.25, 0.3) is 0 Å². The molecule has 1 aromatic heterocycles. The summed E-state index contributed by atoms with van der Waals surface area (Å²) in [6, 6.07) is 0. The number of H-pyrrole nitrogens is 3. The summed E-state index contributed by atoms with van der Waals surface area (Å²) in [6.07, 6.45) is 0. The van der Waals surface area contributed by atoms with E-state index in [4.69, 9.17) is 0 Å². The number of hydrogen-bond acceptors (Lipinski definition) is 0. The van der Waals surface area contributed by atoms with Gasteiger partial charge in [-0.2, -0.15) is 0 Å². The summed E-state index contributed by atoms with van der Waals surface area (Å²) in [5.74, 6) is 0. The Bertz CT molecular complexity index is 36.9. The molecule has 0 aliphatic heterocycles. The molecule has 1 rings (SSSR count). The molecule has 1 aromatic rings. The van der Waals surface area contributed by atoms with Crippen molar-refractivity contribution in [1.82, 2.24) is 15.6 Å². The first-order valence-corrected chi connectivity index (χ1v) is 0.750. The molecule has 0 bridgehead atoms. The molecular weight excluding hydrogens is 294 g/mol. The second-order valence-electron chi connectivity index (χ2n) is 0.375. The van der Waals surface area contributed by atoms with Gasteiger partial charge >= 0.3 is 22.4 Å². The summed E-state index contributed by atoms with van der Waals surface area (Å²) in [6.45, 7) is 0. The summed E-state index contributed by atoms with van der Waals surface area (Å²) in [5.41, 5.74) is 0. The van der Waals surface area contributed by atoms with Crippen molar-refractivity contribution < 1.29 is 47.2 Å². The van der Waals surface area contributed by atoms with Gasteiger partial charge in [0, 0.05) is 0 Å². The van der Waals surface area contributed by atoms with E-state index in [1.54, 1.807) is 0 Å². The third kappa shape index (κ3) is 22.1. The maximum atomic E-state index is 2.50. The molecule has 0 aromatic carbocycles. The fourth-order valence-corrected chi connectivity index (χ4v) is 0. The Hall–Kier alpha value is 0.720. The van der Waals surface area contributed by atoms with Crippen molar-refractivity contribution in [2.75, 3.05) is 0 Å². The van der Waals surface area contributed by atoms with E-state index in [0.29, 0.717) is 0 Å². The van der Waals surface area contributed by atoms with Gasteiger partial charge in [0.15, 0.2) is 0 Å². The summed E-state index contributed by atoms with van der Waals surface area (Å²) in [4.78, 5) is 0. The van der Waals surface area contributed by atoms with Gasteiger partial charge in [0.2, 0.25) is 0 Å². The SMILES string of the molecule is [Cl-].[Cl-].[Ta+2].[nH]1[nH][nH]1. The first-order valence-electron chi connectivity index (χ1n) is 0.750. The van der Waals surface area contributed by atoms with Crippen LogP contribution in [0.5, 0.6) is 0 Å². The van der Waals surface area contributed by atoms with E-state index in [-0.39, 0.29) is 47.2 Å². The molecule has 0 atom stereocenters. The third-order valence-corrected chi connectivity index (χ3v) is 0.125. The second-order valence-corrected chi connectivity index (χ2v) is 0.375. The van der Waals surface area contributed by atoms with E-state index in [2.05, 4.69) is 15.6 Å². The first kappa shape index (κ1) is 15.9. The molecule has 0 aliphatic carbocycles. The Morgan fingerprint density at radius 2 is 0.833 bits per heavy atom. The minimum Gasteiger partial charge on any atom is -1.00 e. The first-order chi connectivity index (χ1) is 1.50. The quantitative estimate of drug-likeness (QED) is 0.427. The van der Waals surface area contributed by atoms with Gasteiger partial charge in [-0.1, -0.05) is 0 Å². The zero-order valence-electron chi connectivity index (χ0n) is 2.70. The molecule has 0 fully saturated rings. The Labute approximate surface area is 62.9 Å². The number of aromatic amines is 3. The van der Waals surface area contributed by atoms with E-state index in [9.17, 15) is 0 Å².